The number of rotatable bonds is 8. The lowest BCUT2D eigenvalue weighted by molar-refractivity contribution is -0.285. The molecular formula is C25H24F5N9O3S. The number of fused-ring (bicyclic) bond motifs is 2. The Bertz CT molecular complexity index is 1750. The smallest absolute Gasteiger partial charge is 0.383 e. The number of aromatic nitrogens is 6. The number of nitrogens with one attached hydrogen (secondary N) is 2. The van der Waals surface area contributed by atoms with Gasteiger partial charge in [-0.25, -0.2) is 30.1 Å². The molecule has 0 radical (unpaired) electrons. The maximum absolute atomic E-state index is 13.6. The molecule has 1 atom stereocenters. The number of carbonyl (C=O) groups excluding carboxylic acids is 2. The minimum absolute atomic E-state index is 0.0108. The Kier molecular flexibility index (Phi) is 7.11. The minimum atomic E-state index is -5.73. The number of carbonyl (C=O) groups is 2. The van der Waals surface area contributed by atoms with Crippen LogP contribution in [0.5, 0.6) is 0 Å². The number of pyridine rings is 1. The van der Waals surface area contributed by atoms with Gasteiger partial charge < -0.3 is 11.1 Å². The molecule has 0 aliphatic carbocycles. The summed E-state index contributed by atoms with van der Waals surface area (Å²) in [6, 6.07) is 3.04. The molecule has 5 N–H and O–H groups in total. The molecule has 0 aromatic carbocycles. The predicted molar refractivity (Wildman–Crippen MR) is 143 cm³/mol. The summed E-state index contributed by atoms with van der Waals surface area (Å²) in [5.41, 5.74) is 6.30. The zero-order valence-corrected chi connectivity index (χ0v) is 23.6. The lowest BCUT2D eigenvalue weighted by Crippen LogP contribution is -2.37. The number of hydrogen-bond donors (Lipinski definition) is 4. The summed E-state index contributed by atoms with van der Waals surface area (Å²) in [5, 5.41) is 18.1. The molecular weight excluding hydrogens is 601 g/mol. The van der Waals surface area contributed by atoms with Gasteiger partial charge in [0.15, 0.2) is 11.5 Å². The highest BCUT2D eigenvalue weighted by molar-refractivity contribution is 7.10. The summed E-state index contributed by atoms with van der Waals surface area (Å²) in [7, 11) is 0. The summed E-state index contributed by atoms with van der Waals surface area (Å²) < 4.78 is 66.4. The molecule has 1 aliphatic rings. The first kappa shape index (κ1) is 30.1. The van der Waals surface area contributed by atoms with Gasteiger partial charge in [0.25, 0.3) is 0 Å². The molecule has 4 aromatic rings. The summed E-state index contributed by atoms with van der Waals surface area (Å²) in [6.45, 7) is 4.01. The molecule has 5 heterocycles. The van der Waals surface area contributed by atoms with Gasteiger partial charge in [0.05, 0.1) is 22.1 Å². The maximum Gasteiger partial charge on any atom is 0.453 e. The number of nitrogens with two attached hydrogens (primary N) is 1. The van der Waals surface area contributed by atoms with E-state index in [2.05, 4.69) is 30.4 Å². The molecule has 5 rings (SSSR count). The van der Waals surface area contributed by atoms with Crippen LogP contribution >= 0.6 is 11.3 Å². The van der Waals surface area contributed by atoms with Crippen molar-refractivity contribution in [2.75, 3.05) is 11.1 Å². The van der Waals surface area contributed by atoms with Crippen LogP contribution in [-0.4, -0.2) is 58.8 Å². The zero-order valence-electron chi connectivity index (χ0n) is 22.8. The number of alkyl halides is 5. The number of thiazole rings is 1. The number of amides is 2. The van der Waals surface area contributed by atoms with Gasteiger partial charge >= 0.3 is 12.1 Å². The number of nitrogen functional groups attached to an aromatic ring is 1. The minimum Gasteiger partial charge on any atom is -0.383 e. The van der Waals surface area contributed by atoms with Crippen molar-refractivity contribution in [2.24, 2.45) is 5.41 Å². The van der Waals surface area contributed by atoms with Crippen molar-refractivity contribution in [2.45, 2.75) is 57.7 Å². The van der Waals surface area contributed by atoms with Gasteiger partial charge in [-0.3, -0.25) is 14.8 Å². The number of halogens is 5. The van der Waals surface area contributed by atoms with Crippen LogP contribution < -0.4 is 16.5 Å². The standard InChI is InChI=1S/C25H24F5N9O3S/c1-22(2,19(40)38-42)9-11-10-43-21(33-11)23(3)13-15(31)34-17(35-16(13)36-20(23)41)14-12-5-4-7-32-18(12)39(37-14)8-6-24(26,27)25(28,29)30/h4-5,7,10,42H,6,8-9H2,1-3H3,(H,38,40)(H3,31,34,35,36,41)/t23-/m1/s1. The maximum atomic E-state index is 13.6. The quantitative estimate of drug-likeness (QED) is 0.129. The van der Waals surface area contributed by atoms with Gasteiger partial charge in [0.1, 0.15) is 27.8 Å². The average molecular weight is 626 g/mol. The summed E-state index contributed by atoms with van der Waals surface area (Å²) in [6.07, 6.45) is -5.81. The van der Waals surface area contributed by atoms with Crippen LogP contribution in [0, 0.1) is 5.41 Å². The zero-order chi connectivity index (χ0) is 31.5. The molecule has 43 heavy (non-hydrogen) atoms. The lowest BCUT2D eigenvalue weighted by Gasteiger charge is -2.21. The predicted octanol–water partition coefficient (Wildman–Crippen LogP) is 3.85. The van der Waals surface area contributed by atoms with E-state index in [0.29, 0.717) is 10.7 Å². The fourth-order valence-corrected chi connectivity index (χ4v) is 5.72. The molecule has 4 aromatic heterocycles. The second kappa shape index (κ2) is 10.1. The van der Waals surface area contributed by atoms with Crippen molar-refractivity contribution in [3.05, 3.63) is 40.0 Å². The first-order valence-electron chi connectivity index (χ1n) is 12.6. The third-order valence-electron chi connectivity index (χ3n) is 7.21. The summed E-state index contributed by atoms with van der Waals surface area (Å²) >= 11 is 1.15. The van der Waals surface area contributed by atoms with Crippen molar-refractivity contribution < 1.29 is 36.7 Å². The van der Waals surface area contributed by atoms with Crippen LogP contribution in [0.25, 0.3) is 22.6 Å². The molecule has 228 valence electrons. The first-order valence-corrected chi connectivity index (χ1v) is 13.5. The van der Waals surface area contributed by atoms with Gasteiger partial charge in [-0.15, -0.1) is 11.3 Å². The van der Waals surface area contributed by atoms with Gasteiger partial charge in [-0.1, -0.05) is 13.8 Å². The third-order valence-corrected chi connectivity index (χ3v) is 8.33. The Hall–Kier alpha value is -4.32. The topological polar surface area (TPSA) is 174 Å². The molecule has 0 fully saturated rings. The highest BCUT2D eigenvalue weighted by atomic mass is 32.1. The lowest BCUT2D eigenvalue weighted by atomic mass is 9.84. The monoisotopic (exact) mass is 625 g/mol. The number of hydrogen-bond acceptors (Lipinski definition) is 10. The molecule has 0 spiro atoms. The Morgan fingerprint density at radius 1 is 1.21 bits per heavy atom. The van der Waals surface area contributed by atoms with E-state index in [-0.39, 0.29) is 46.2 Å². The number of aryl methyl sites for hydroxylation is 1. The fraction of sp³-hybridized carbons (Fsp3) is 0.400. The van der Waals surface area contributed by atoms with Crippen molar-refractivity contribution in [3.8, 4) is 11.5 Å². The van der Waals surface area contributed by atoms with Gasteiger partial charge in [-0.2, -0.15) is 27.1 Å². The first-order chi connectivity index (χ1) is 20.0. The van der Waals surface area contributed by atoms with Crippen LogP contribution in [0.2, 0.25) is 0 Å². The van der Waals surface area contributed by atoms with E-state index in [1.165, 1.54) is 18.3 Å². The SMILES string of the molecule is CC(C)(Cc1csc([C@@]2(C)C(=O)Nc3nc(-c4nn(CCC(F)(F)C(F)(F)F)c5ncccc45)nc(N)c32)n1)C(=O)NO. The molecule has 0 saturated heterocycles. The number of hydroxylamine groups is 1. The Morgan fingerprint density at radius 2 is 1.93 bits per heavy atom. The molecule has 12 nitrogen and oxygen atoms in total. The van der Waals surface area contributed by atoms with E-state index >= 15 is 0 Å². The van der Waals surface area contributed by atoms with Crippen molar-refractivity contribution in [1.29, 1.82) is 0 Å². The highest BCUT2D eigenvalue weighted by Crippen LogP contribution is 2.46. The molecule has 0 unspecified atom stereocenters. The summed E-state index contributed by atoms with van der Waals surface area (Å²) in [4.78, 5) is 42.7. The Balaban J connectivity index is 1.51. The van der Waals surface area contributed by atoms with E-state index in [9.17, 15) is 31.5 Å². The van der Waals surface area contributed by atoms with Crippen LogP contribution in [-0.2, 0) is 28.0 Å². The fourth-order valence-electron chi connectivity index (χ4n) is 4.74. The second-order valence-electron chi connectivity index (χ2n) is 10.8. The molecule has 0 saturated carbocycles. The van der Waals surface area contributed by atoms with Crippen LogP contribution in [0.3, 0.4) is 0 Å². The van der Waals surface area contributed by atoms with Crippen molar-refractivity contribution in [1.82, 2.24) is 35.2 Å². The largest absolute Gasteiger partial charge is 0.453 e. The van der Waals surface area contributed by atoms with Crippen LogP contribution in [0.1, 0.15) is 43.5 Å². The Morgan fingerprint density at radius 3 is 2.60 bits per heavy atom. The van der Waals surface area contributed by atoms with Crippen LogP contribution in [0.15, 0.2) is 23.7 Å². The van der Waals surface area contributed by atoms with Crippen molar-refractivity contribution in [3.63, 3.8) is 0 Å². The van der Waals surface area contributed by atoms with Crippen LogP contribution in [0.4, 0.5) is 33.6 Å². The van der Waals surface area contributed by atoms with Gasteiger partial charge in [-0.05, 0) is 19.1 Å². The van der Waals surface area contributed by atoms with E-state index in [1.807, 2.05) is 0 Å². The van der Waals surface area contributed by atoms with E-state index in [0.717, 1.165) is 16.0 Å². The third kappa shape index (κ3) is 5.03. The number of nitrogens with zero attached hydrogens (tertiary/aromatic N) is 6. The average Bonchev–Trinajstić information content (AvgIpc) is 3.61. The Labute approximate surface area is 243 Å². The molecule has 1 aliphatic heterocycles. The van der Waals surface area contributed by atoms with E-state index in [1.54, 1.807) is 31.6 Å². The van der Waals surface area contributed by atoms with Gasteiger partial charge in [0, 0.05) is 31.0 Å². The van der Waals surface area contributed by atoms with E-state index in [4.69, 9.17) is 10.9 Å². The number of anilines is 2. The van der Waals surface area contributed by atoms with Crippen molar-refractivity contribution >= 4 is 45.8 Å². The highest BCUT2D eigenvalue weighted by Gasteiger charge is 2.57. The molecule has 2 amide bonds. The molecule has 18 heteroatoms. The van der Waals surface area contributed by atoms with E-state index < -0.39 is 47.7 Å². The molecule has 0 bridgehead atoms. The second-order valence-corrected chi connectivity index (χ2v) is 11.6. The normalized spacial score (nSPS) is 17.3. The summed E-state index contributed by atoms with van der Waals surface area (Å²) in [5.74, 6) is -6.26. The van der Waals surface area contributed by atoms with Gasteiger partial charge in [0.2, 0.25) is 11.8 Å².